The molecule has 8 nitrogen and oxygen atoms in total. The Morgan fingerprint density at radius 2 is 2.10 bits per heavy atom. The zero-order valence-electron chi connectivity index (χ0n) is 17.6. The summed E-state index contributed by atoms with van der Waals surface area (Å²) in [5.41, 5.74) is 1.83. The maximum Gasteiger partial charge on any atom is 0.291 e. The van der Waals surface area contributed by atoms with Crippen molar-refractivity contribution in [2.45, 2.75) is 13.0 Å². The summed E-state index contributed by atoms with van der Waals surface area (Å²) in [6.07, 6.45) is 2.57. The van der Waals surface area contributed by atoms with E-state index in [1.807, 2.05) is 24.3 Å². The maximum atomic E-state index is 12.0. The number of carbonyl (C=O) groups is 1. The first-order valence-corrected chi connectivity index (χ1v) is 10.2. The minimum atomic E-state index is -0.263. The van der Waals surface area contributed by atoms with Gasteiger partial charge in [-0.2, -0.15) is 0 Å². The predicted molar refractivity (Wildman–Crippen MR) is 116 cm³/mol. The third-order valence-electron chi connectivity index (χ3n) is 4.99. The number of amides is 1. The average molecular weight is 415 g/mol. The molecule has 3 rings (SSSR count). The van der Waals surface area contributed by atoms with E-state index in [1.165, 1.54) is 6.26 Å². The fraction of sp³-hybridized carbons (Fsp3) is 0.455. The molecule has 1 aromatic carbocycles. The van der Waals surface area contributed by atoms with E-state index >= 15 is 0 Å². The molecule has 1 saturated heterocycles. The lowest BCUT2D eigenvalue weighted by molar-refractivity contribution is 0.0536. The lowest BCUT2D eigenvalue weighted by Crippen LogP contribution is -2.39. The van der Waals surface area contributed by atoms with Crippen LogP contribution in [0.4, 0.5) is 5.69 Å². The van der Waals surface area contributed by atoms with Crippen LogP contribution in [0, 0.1) is 5.92 Å². The number of hydrogen-bond donors (Lipinski definition) is 2. The first-order valence-electron chi connectivity index (χ1n) is 10.2. The molecular formula is C22H30N4O4. The van der Waals surface area contributed by atoms with E-state index in [1.54, 1.807) is 26.3 Å². The number of ether oxygens (including phenoxy) is 2. The monoisotopic (exact) mass is 414 g/mol. The molecule has 162 valence electrons. The topological polar surface area (TPSA) is 88.3 Å². The Balaban J connectivity index is 1.43. The van der Waals surface area contributed by atoms with Crippen molar-refractivity contribution in [1.82, 2.24) is 10.2 Å². The maximum absolute atomic E-state index is 12.0. The molecule has 2 N–H and O–H groups in total. The Morgan fingerprint density at radius 1 is 1.27 bits per heavy atom. The summed E-state index contributed by atoms with van der Waals surface area (Å²) in [4.78, 5) is 18.7. The number of hydrogen-bond acceptors (Lipinski definition) is 5. The summed E-state index contributed by atoms with van der Waals surface area (Å²) in [7, 11) is 3.48. The van der Waals surface area contributed by atoms with Crippen molar-refractivity contribution in [3.8, 4) is 0 Å². The van der Waals surface area contributed by atoms with Crippen LogP contribution in [0.1, 0.15) is 22.5 Å². The SMILES string of the molecule is CN=C(NCc1ccc(NC(=O)c2ccco2)cc1)N1CCC(COCCOC)C1. The van der Waals surface area contributed by atoms with Crippen LogP contribution in [-0.4, -0.2) is 63.8 Å². The predicted octanol–water partition coefficient (Wildman–Crippen LogP) is 2.59. The second kappa shape index (κ2) is 11.4. The Bertz CT molecular complexity index is 805. The van der Waals surface area contributed by atoms with Crippen LogP contribution in [0.3, 0.4) is 0 Å². The van der Waals surface area contributed by atoms with E-state index in [2.05, 4.69) is 20.5 Å². The molecule has 1 fully saturated rings. The molecule has 0 bridgehead atoms. The number of furan rings is 1. The highest BCUT2D eigenvalue weighted by Crippen LogP contribution is 2.17. The van der Waals surface area contributed by atoms with Crippen LogP contribution in [0.15, 0.2) is 52.1 Å². The van der Waals surface area contributed by atoms with Gasteiger partial charge in [-0.3, -0.25) is 9.79 Å². The van der Waals surface area contributed by atoms with E-state index in [9.17, 15) is 4.79 Å². The van der Waals surface area contributed by atoms with Crippen molar-refractivity contribution in [3.63, 3.8) is 0 Å². The number of aliphatic imine (C=N–C) groups is 1. The van der Waals surface area contributed by atoms with E-state index < -0.39 is 0 Å². The number of rotatable bonds is 9. The quantitative estimate of drug-likeness (QED) is 0.373. The molecule has 1 aromatic heterocycles. The van der Waals surface area contributed by atoms with Crippen molar-refractivity contribution in [2.24, 2.45) is 10.9 Å². The lowest BCUT2D eigenvalue weighted by atomic mass is 10.1. The number of carbonyl (C=O) groups excluding carboxylic acids is 1. The van der Waals surface area contributed by atoms with Gasteiger partial charge in [-0.05, 0) is 36.2 Å². The van der Waals surface area contributed by atoms with Gasteiger partial charge in [0.1, 0.15) is 0 Å². The third-order valence-corrected chi connectivity index (χ3v) is 4.99. The van der Waals surface area contributed by atoms with Gasteiger partial charge in [-0.1, -0.05) is 12.1 Å². The lowest BCUT2D eigenvalue weighted by Gasteiger charge is -2.22. The second-order valence-electron chi connectivity index (χ2n) is 7.20. The van der Waals surface area contributed by atoms with E-state index in [-0.39, 0.29) is 11.7 Å². The number of nitrogens with zero attached hydrogens (tertiary/aromatic N) is 2. The Hall–Kier alpha value is -2.84. The van der Waals surface area contributed by atoms with Gasteiger partial charge in [0.25, 0.3) is 5.91 Å². The van der Waals surface area contributed by atoms with Crippen molar-refractivity contribution in [1.29, 1.82) is 0 Å². The van der Waals surface area contributed by atoms with Gasteiger partial charge in [-0.25, -0.2) is 0 Å². The zero-order chi connectivity index (χ0) is 21.2. The molecule has 0 aliphatic carbocycles. The van der Waals surface area contributed by atoms with Gasteiger partial charge < -0.3 is 29.4 Å². The van der Waals surface area contributed by atoms with Crippen molar-refractivity contribution in [3.05, 3.63) is 54.0 Å². The molecule has 1 unspecified atom stereocenters. The van der Waals surface area contributed by atoms with Gasteiger partial charge in [0.2, 0.25) is 0 Å². The molecule has 1 aliphatic heterocycles. The summed E-state index contributed by atoms with van der Waals surface area (Å²) in [6, 6.07) is 11.0. The van der Waals surface area contributed by atoms with Crippen LogP contribution in [-0.2, 0) is 16.0 Å². The molecule has 30 heavy (non-hydrogen) atoms. The Labute approximate surface area is 177 Å². The highest BCUT2D eigenvalue weighted by Gasteiger charge is 2.24. The minimum absolute atomic E-state index is 0.263. The Morgan fingerprint density at radius 3 is 2.80 bits per heavy atom. The first-order chi connectivity index (χ1) is 14.7. The van der Waals surface area contributed by atoms with Crippen molar-refractivity contribution < 1.29 is 18.7 Å². The van der Waals surface area contributed by atoms with Gasteiger partial charge in [0.05, 0.1) is 26.1 Å². The number of guanidine groups is 1. The van der Waals surface area contributed by atoms with Crippen LogP contribution in [0.2, 0.25) is 0 Å². The van der Waals surface area contributed by atoms with Gasteiger partial charge in [0, 0.05) is 45.4 Å². The third kappa shape index (κ3) is 6.33. The molecule has 0 radical (unpaired) electrons. The van der Waals surface area contributed by atoms with Crippen LogP contribution in [0.25, 0.3) is 0 Å². The van der Waals surface area contributed by atoms with Crippen LogP contribution < -0.4 is 10.6 Å². The molecule has 1 amide bonds. The number of likely N-dealkylation sites (tertiary alicyclic amines) is 1. The minimum Gasteiger partial charge on any atom is -0.459 e. The van der Waals surface area contributed by atoms with Crippen molar-refractivity contribution in [2.75, 3.05) is 52.4 Å². The van der Waals surface area contributed by atoms with Crippen molar-refractivity contribution >= 4 is 17.6 Å². The smallest absolute Gasteiger partial charge is 0.291 e. The second-order valence-corrected chi connectivity index (χ2v) is 7.20. The van der Waals surface area contributed by atoms with E-state index in [4.69, 9.17) is 13.9 Å². The summed E-state index contributed by atoms with van der Waals surface area (Å²) >= 11 is 0. The summed E-state index contributed by atoms with van der Waals surface area (Å²) < 4.78 is 15.8. The number of nitrogens with one attached hydrogen (secondary N) is 2. The highest BCUT2D eigenvalue weighted by molar-refractivity contribution is 6.02. The fourth-order valence-electron chi connectivity index (χ4n) is 3.37. The van der Waals surface area contributed by atoms with Crippen LogP contribution >= 0.6 is 0 Å². The highest BCUT2D eigenvalue weighted by atomic mass is 16.5. The molecule has 1 aliphatic rings. The molecule has 0 saturated carbocycles. The van der Waals surface area contributed by atoms with E-state index in [0.717, 1.165) is 43.3 Å². The van der Waals surface area contributed by atoms with Gasteiger partial charge in [0.15, 0.2) is 11.7 Å². The number of benzene rings is 1. The summed E-state index contributed by atoms with van der Waals surface area (Å²) in [6.45, 7) is 4.58. The fourth-order valence-corrected chi connectivity index (χ4v) is 3.37. The first kappa shape index (κ1) is 21.9. The number of anilines is 1. The Kier molecular flexibility index (Phi) is 8.29. The molecule has 1 atom stereocenters. The largest absolute Gasteiger partial charge is 0.459 e. The standard InChI is InChI=1S/C22H30N4O4/c1-23-22(26-10-9-18(15-26)16-29-13-12-28-2)24-14-17-5-7-19(8-6-17)25-21(27)20-4-3-11-30-20/h3-8,11,18H,9-10,12-16H2,1-2H3,(H,23,24)(H,25,27). The van der Waals surface area contributed by atoms with Crippen LogP contribution in [0.5, 0.6) is 0 Å². The van der Waals surface area contributed by atoms with Gasteiger partial charge in [-0.15, -0.1) is 0 Å². The summed E-state index contributed by atoms with van der Waals surface area (Å²) in [5, 5.41) is 6.24. The van der Waals surface area contributed by atoms with Gasteiger partial charge >= 0.3 is 0 Å². The normalized spacial score (nSPS) is 16.7. The average Bonchev–Trinajstić information content (AvgIpc) is 3.46. The molecular weight excluding hydrogens is 384 g/mol. The molecule has 0 spiro atoms. The molecule has 2 heterocycles. The summed E-state index contributed by atoms with van der Waals surface area (Å²) in [5.74, 6) is 1.43. The zero-order valence-corrected chi connectivity index (χ0v) is 17.6. The molecule has 2 aromatic rings. The van der Waals surface area contributed by atoms with E-state index in [0.29, 0.717) is 25.7 Å². The molecule has 8 heteroatoms. The number of methoxy groups -OCH3 is 1.